The van der Waals surface area contributed by atoms with Crippen molar-refractivity contribution in [3.05, 3.63) is 443 Å². The van der Waals surface area contributed by atoms with Crippen LogP contribution < -0.4 is 24.5 Å². The zero-order chi connectivity index (χ0) is 94.4. The number of aryl methyl sites for hydroxylation is 2. The third-order valence-corrected chi connectivity index (χ3v) is 24.8. The van der Waals surface area contributed by atoms with Gasteiger partial charge in [0.1, 0.15) is 17.3 Å². The van der Waals surface area contributed by atoms with E-state index >= 15 is 0 Å². The monoisotopic (exact) mass is 2150 g/mol. The van der Waals surface area contributed by atoms with Crippen LogP contribution in [0.5, 0.6) is 0 Å². The van der Waals surface area contributed by atoms with Gasteiger partial charge < -0.3 is 33.6 Å². The predicted octanol–water partition coefficient (Wildman–Crippen LogP) is 27.4. The SMILES string of the molecule is CN1[CH-]N(c2[c-]c3c(cc2)c2ccc(-c4ccccc4)cc2n3-c2ccccn2)c2ccccc21.Cc1cc(-c2ccccc2)cc(C)c1-c1cc(N2[CH-]N(C)c3ccccc32)[c-]c(-n2c3ccccc3c3cccnc32)c1.O=S(=O)(O)C(F)(F)F.O=S(=O)(O)c1ccccc1.[Cl][Pd+].[Pd+2].[Pd+2].[c-]1c(N2c3ccccc3C=Cc3cccnc32)cccc1-n1cc(-c2ccc(-c3ccccc3)cc2)cn1. The second kappa shape index (κ2) is 42.3. The molecule has 0 saturated carbocycles. The summed E-state index contributed by atoms with van der Waals surface area (Å²) in [6, 6.07) is 133. The minimum atomic E-state index is -5.84. The quantitative estimate of drug-likeness (QED) is 0.0508. The Bertz CT molecular complexity index is 7930. The summed E-state index contributed by atoms with van der Waals surface area (Å²) in [7, 11) is -1.18. The Labute approximate surface area is 840 Å². The van der Waals surface area contributed by atoms with Gasteiger partial charge in [0.2, 0.25) is 0 Å². The molecule has 0 spiro atoms. The number of benzene rings is 14. The van der Waals surface area contributed by atoms with Crippen LogP contribution in [0.15, 0.2) is 394 Å². The molecule has 14 aromatic carbocycles. The third kappa shape index (κ3) is 20.5. The number of pyridine rings is 3. The summed E-state index contributed by atoms with van der Waals surface area (Å²) in [5.41, 5.74) is 25.6. The van der Waals surface area contributed by atoms with E-state index in [4.69, 9.17) is 32.5 Å². The zero-order valence-corrected chi connectivity index (χ0v) is 81.0. The van der Waals surface area contributed by atoms with Crippen LogP contribution in [-0.4, -0.2) is 79.4 Å². The van der Waals surface area contributed by atoms with Gasteiger partial charge in [0, 0.05) is 75.0 Å². The topological polar surface area (TPSA) is 191 Å². The molecule has 6 aromatic heterocycles. The molecule has 3 aliphatic heterocycles. The fraction of sp³-hybridized carbons (Fsp3) is 0.0450. The van der Waals surface area contributed by atoms with E-state index in [1.165, 1.54) is 84.4 Å². The van der Waals surface area contributed by atoms with Crippen molar-refractivity contribution in [2.75, 3.05) is 38.6 Å². The molecule has 0 unspecified atom stereocenters. The Morgan fingerprint density at radius 1 is 0.384 bits per heavy atom. The van der Waals surface area contributed by atoms with E-state index < -0.39 is 25.7 Å². The van der Waals surface area contributed by atoms with E-state index in [9.17, 15) is 21.6 Å². The fourth-order valence-electron chi connectivity index (χ4n) is 17.2. The summed E-state index contributed by atoms with van der Waals surface area (Å²) in [4.78, 5) is 25.2. The summed E-state index contributed by atoms with van der Waals surface area (Å²) in [5, 5.41) is 9.35. The van der Waals surface area contributed by atoms with Crippen molar-refractivity contribution in [3.63, 3.8) is 0 Å². The van der Waals surface area contributed by atoms with Crippen LogP contribution in [0.3, 0.4) is 0 Å². The molecule has 0 bridgehead atoms. The van der Waals surface area contributed by atoms with Crippen LogP contribution in [-0.2, 0) is 79.3 Å². The average Bonchev–Trinajstić information content (AvgIpc) is 1.58. The van der Waals surface area contributed by atoms with E-state index in [1.807, 2.05) is 78.0 Å². The molecule has 18 nitrogen and oxygen atoms in total. The van der Waals surface area contributed by atoms with Crippen molar-refractivity contribution in [1.29, 1.82) is 0 Å². The number of aromatic nitrogens is 7. The third-order valence-electron chi connectivity index (χ3n) is 23.4. The molecule has 0 atom stereocenters. The molecule has 27 heteroatoms. The van der Waals surface area contributed by atoms with Gasteiger partial charge in [0.25, 0.3) is 10.1 Å². The molecule has 0 saturated heterocycles. The van der Waals surface area contributed by atoms with Crippen LogP contribution >= 0.6 is 9.53 Å². The summed E-state index contributed by atoms with van der Waals surface area (Å²) in [5.74, 6) is 1.76. The number of nitrogens with zero attached hydrogens (tertiary/aromatic N) is 12. The molecule has 0 radical (unpaired) electrons. The first-order chi connectivity index (χ1) is 66.0. The molecular weight excluding hydrogens is 2070 g/mol. The summed E-state index contributed by atoms with van der Waals surface area (Å²) in [6.07, 6.45) is 13.8. The normalized spacial score (nSPS) is 12.3. The van der Waals surface area contributed by atoms with Crippen LogP contribution in [0.1, 0.15) is 22.3 Å². The van der Waals surface area contributed by atoms with Gasteiger partial charge in [0.05, 0.1) is 22.3 Å². The number of alkyl halides is 3. The van der Waals surface area contributed by atoms with E-state index in [1.54, 1.807) is 18.2 Å². The molecule has 9 heterocycles. The molecule has 138 heavy (non-hydrogen) atoms. The maximum atomic E-state index is 10.7. The number of para-hydroxylation sites is 6. The number of hydrogen-bond acceptors (Lipinski definition) is 13. The molecule has 20 aromatic rings. The van der Waals surface area contributed by atoms with E-state index in [0.29, 0.717) is 0 Å². The van der Waals surface area contributed by atoms with Gasteiger partial charge in [-0.15, -0.1) is 70.9 Å². The van der Waals surface area contributed by atoms with Gasteiger partial charge in [-0.05, 0) is 191 Å². The van der Waals surface area contributed by atoms with Crippen molar-refractivity contribution in [3.8, 4) is 72.8 Å². The number of halogens is 4. The molecule has 2 N–H and O–H groups in total. The Kier molecular flexibility index (Phi) is 29.7. The second-order valence-corrected chi connectivity index (χ2v) is 34.8. The molecule has 0 aliphatic carbocycles. The minimum absolute atomic E-state index is 0. The number of rotatable bonds is 12. The van der Waals surface area contributed by atoms with Gasteiger partial charge in [-0.1, -0.05) is 253 Å². The van der Waals surface area contributed by atoms with Crippen molar-refractivity contribution in [2.24, 2.45) is 0 Å². The Hall–Kier alpha value is -14.0. The maximum Gasteiger partial charge on any atom is 2.00 e. The average molecular weight is 2160 g/mol. The first-order valence-electron chi connectivity index (χ1n) is 43.0. The Morgan fingerprint density at radius 3 is 1.47 bits per heavy atom. The molecule has 23 rings (SSSR count). The summed E-state index contributed by atoms with van der Waals surface area (Å²) < 4.78 is 93.1. The second-order valence-electron chi connectivity index (χ2n) is 32.0. The van der Waals surface area contributed by atoms with Gasteiger partial charge >= 0.3 is 84.2 Å². The number of anilines is 9. The predicted molar refractivity (Wildman–Crippen MR) is 538 cm³/mol. The molecule has 0 fully saturated rings. The van der Waals surface area contributed by atoms with E-state index in [-0.39, 0.29) is 45.7 Å². The first-order valence-corrected chi connectivity index (χ1v) is 47.8. The standard InChI is InChI=1S/C39H30N4.C34H23N4.C31H22N4.C6H6O3S.CHF3O3S.ClH.3Pd/c1-26-20-29(28-12-5-4-6-13-28)21-27(2)38(26)30-22-31(42-25-41(3)36-17-9-10-18-37(36)42)24-32(23-30)43-35-16-8-7-14-33(35)34-15-11-19-40-39(34)43;1-2-8-25(9-3-1)26-15-17-27(18-16-26)30-23-36-37(24-30)31-12-6-13-32(22-31)38-33-14-5-4-10-28(33)19-20-29-11-7-21-35-34(29)38;1-33-21-34(28-12-6-5-11-27(28)33)24-15-17-26-25-16-14-23(22-9-3-2-4-10-22)19-29(25)35(30(26)20-24)31-13-7-8-18-32-31;7-10(8,9)6-4-2-1-3-5-6;2-1(3,4)8(5,6)7;;;;/h4-23,25H,1-3H3;1-21,23-24H;2-19,21H,1H3;1-5H,(H,7,8,9);(H,5,6,7);1H;;;/q-2;-1;-2;;;;3*+2/p-1. The Morgan fingerprint density at radius 2 is 0.855 bits per heavy atom. The summed E-state index contributed by atoms with van der Waals surface area (Å²) >= 11 is 2.22. The zero-order valence-electron chi connectivity index (χ0n) is 73.9. The molecule has 3 aliphatic rings. The number of hydrogen-bond donors (Lipinski definition) is 2. The fourth-order valence-corrected chi connectivity index (χ4v) is 17.7. The van der Waals surface area contributed by atoms with Crippen molar-refractivity contribution >= 4 is 137 Å². The van der Waals surface area contributed by atoms with Gasteiger partial charge in [-0.3, -0.25) is 13.8 Å². The van der Waals surface area contributed by atoms with Gasteiger partial charge in [-0.2, -0.15) is 60.6 Å². The number of fused-ring (bicyclic) bond motifs is 10. The molecular formula is C111H82ClF3N12O6Pd3S2. The van der Waals surface area contributed by atoms with Crippen LogP contribution in [0.4, 0.5) is 64.5 Å². The smallest absolute Gasteiger partial charge is 0.318 e. The van der Waals surface area contributed by atoms with Crippen LogP contribution in [0, 0.1) is 45.4 Å². The van der Waals surface area contributed by atoms with Crippen LogP contribution in [0.2, 0.25) is 0 Å². The van der Waals surface area contributed by atoms with Gasteiger partial charge in [0.15, 0.2) is 0 Å². The largest absolute Gasteiger partial charge is 2.00 e. The van der Waals surface area contributed by atoms with Gasteiger partial charge in [-0.25, -0.2) is 15.0 Å². The van der Waals surface area contributed by atoms with E-state index in [2.05, 4.69) is 423 Å². The minimum Gasteiger partial charge on any atom is -0.318 e. The maximum absolute atomic E-state index is 10.7. The van der Waals surface area contributed by atoms with Crippen molar-refractivity contribution < 1.29 is 98.1 Å². The van der Waals surface area contributed by atoms with Crippen molar-refractivity contribution in [2.45, 2.75) is 24.3 Å². The Balaban J connectivity index is 0.000000135. The van der Waals surface area contributed by atoms with Crippen LogP contribution in [0.25, 0.3) is 129 Å². The molecule has 692 valence electrons. The summed E-state index contributed by atoms with van der Waals surface area (Å²) in [6.45, 7) is 8.70. The van der Waals surface area contributed by atoms with Crippen molar-refractivity contribution in [1.82, 2.24) is 33.9 Å². The van der Waals surface area contributed by atoms with E-state index in [0.717, 1.165) is 118 Å². The molecule has 0 amide bonds. The first kappa shape index (κ1) is 97.1.